The van der Waals surface area contributed by atoms with Crippen molar-refractivity contribution in [3.63, 3.8) is 0 Å². The summed E-state index contributed by atoms with van der Waals surface area (Å²) in [5, 5.41) is 5.83. The molecular weight excluding hydrogens is 260 g/mol. The maximum atomic E-state index is 5.71. The summed E-state index contributed by atoms with van der Waals surface area (Å²) in [5.41, 5.74) is 10.4. The van der Waals surface area contributed by atoms with Crippen molar-refractivity contribution < 1.29 is 4.52 Å². The molecule has 96 valence electrons. The van der Waals surface area contributed by atoms with E-state index in [9.17, 15) is 0 Å². The van der Waals surface area contributed by atoms with Crippen LogP contribution in [0.3, 0.4) is 0 Å². The quantitative estimate of drug-likeness (QED) is 0.788. The highest BCUT2D eigenvalue weighted by Gasteiger charge is 2.11. The fourth-order valence-electron chi connectivity index (χ4n) is 1.85. The molecule has 0 saturated heterocycles. The molecule has 0 aliphatic carbocycles. The van der Waals surface area contributed by atoms with Crippen molar-refractivity contribution in [3.8, 4) is 11.5 Å². The van der Waals surface area contributed by atoms with E-state index in [1.165, 1.54) is 11.3 Å². The van der Waals surface area contributed by atoms with Gasteiger partial charge in [0.1, 0.15) is 5.69 Å². The van der Waals surface area contributed by atoms with Gasteiger partial charge in [-0.2, -0.15) is 4.98 Å². The van der Waals surface area contributed by atoms with Crippen molar-refractivity contribution in [2.75, 3.05) is 0 Å². The van der Waals surface area contributed by atoms with Gasteiger partial charge in [-0.3, -0.25) is 0 Å². The summed E-state index contributed by atoms with van der Waals surface area (Å²) < 4.78 is 5.25. The third kappa shape index (κ3) is 2.54. The van der Waals surface area contributed by atoms with E-state index in [0.29, 0.717) is 24.7 Å². The molecule has 6 heteroatoms. The highest BCUT2D eigenvalue weighted by atomic mass is 32.1. The van der Waals surface area contributed by atoms with Gasteiger partial charge in [0.2, 0.25) is 11.7 Å². The highest BCUT2D eigenvalue weighted by molar-refractivity contribution is 7.07. The predicted octanol–water partition coefficient (Wildman–Crippen LogP) is 2.24. The largest absolute Gasteiger partial charge is 0.339 e. The van der Waals surface area contributed by atoms with Gasteiger partial charge >= 0.3 is 0 Å². The summed E-state index contributed by atoms with van der Waals surface area (Å²) in [6.45, 7) is 0.503. The molecule has 2 heterocycles. The van der Waals surface area contributed by atoms with Crippen molar-refractivity contribution in [1.29, 1.82) is 0 Å². The van der Waals surface area contributed by atoms with Crippen LogP contribution in [-0.4, -0.2) is 15.1 Å². The molecule has 2 N–H and O–H groups in total. The first-order valence-electron chi connectivity index (χ1n) is 5.85. The Bertz CT molecular complexity index is 663. The van der Waals surface area contributed by atoms with Gasteiger partial charge in [0, 0.05) is 11.9 Å². The van der Waals surface area contributed by atoms with E-state index in [2.05, 4.69) is 15.1 Å². The van der Waals surface area contributed by atoms with Crippen LogP contribution in [0.1, 0.15) is 17.0 Å². The highest BCUT2D eigenvalue weighted by Crippen LogP contribution is 2.18. The number of hydrogen-bond acceptors (Lipinski definition) is 6. The van der Waals surface area contributed by atoms with E-state index < -0.39 is 0 Å². The topological polar surface area (TPSA) is 77.8 Å². The lowest BCUT2D eigenvalue weighted by atomic mass is 10.0. The molecule has 0 bridgehead atoms. The zero-order valence-corrected chi connectivity index (χ0v) is 10.9. The molecule has 0 amide bonds. The maximum absolute atomic E-state index is 5.71. The third-order valence-corrected chi connectivity index (χ3v) is 3.40. The number of aromatic nitrogens is 3. The second-order valence-corrected chi connectivity index (χ2v) is 4.75. The van der Waals surface area contributed by atoms with E-state index in [1.54, 1.807) is 5.51 Å². The second kappa shape index (κ2) is 5.29. The number of hydrogen-bond donors (Lipinski definition) is 1. The van der Waals surface area contributed by atoms with Gasteiger partial charge in [-0.15, -0.1) is 11.3 Å². The normalized spacial score (nSPS) is 10.8. The Morgan fingerprint density at radius 1 is 1.21 bits per heavy atom. The third-order valence-electron chi connectivity index (χ3n) is 2.81. The number of nitrogens with two attached hydrogens (primary N) is 1. The van der Waals surface area contributed by atoms with Gasteiger partial charge < -0.3 is 10.3 Å². The molecule has 0 fully saturated rings. The summed E-state index contributed by atoms with van der Waals surface area (Å²) in [6.07, 6.45) is 0.588. The summed E-state index contributed by atoms with van der Waals surface area (Å²) >= 11 is 1.50. The SMILES string of the molecule is NCc1ccccc1Cc1nc(-c2cscn2)no1. The molecule has 1 aromatic carbocycles. The maximum Gasteiger partial charge on any atom is 0.231 e. The van der Waals surface area contributed by atoms with E-state index in [-0.39, 0.29) is 0 Å². The van der Waals surface area contributed by atoms with E-state index in [0.717, 1.165) is 16.8 Å². The van der Waals surface area contributed by atoms with Crippen molar-refractivity contribution in [1.82, 2.24) is 15.1 Å². The van der Waals surface area contributed by atoms with Crippen molar-refractivity contribution in [3.05, 3.63) is 52.2 Å². The number of rotatable bonds is 4. The Labute approximate surface area is 114 Å². The molecular formula is C13H12N4OS. The average Bonchev–Trinajstić information content (AvgIpc) is 3.09. The lowest BCUT2D eigenvalue weighted by Crippen LogP contribution is -2.02. The Balaban J connectivity index is 1.84. The Morgan fingerprint density at radius 3 is 2.79 bits per heavy atom. The van der Waals surface area contributed by atoms with Gasteiger partial charge in [-0.1, -0.05) is 29.4 Å². The zero-order valence-electron chi connectivity index (χ0n) is 10.1. The molecule has 0 atom stereocenters. The smallest absolute Gasteiger partial charge is 0.231 e. The fourth-order valence-corrected chi connectivity index (χ4v) is 2.38. The van der Waals surface area contributed by atoms with E-state index in [1.807, 2.05) is 29.6 Å². The summed E-state index contributed by atoms with van der Waals surface area (Å²) in [5.74, 6) is 1.10. The van der Waals surface area contributed by atoms with Crippen LogP contribution >= 0.6 is 11.3 Å². The Hall–Kier alpha value is -2.05. The number of thiazole rings is 1. The molecule has 3 aromatic rings. The molecule has 3 rings (SSSR count). The molecule has 2 aromatic heterocycles. The van der Waals surface area contributed by atoms with Crippen LogP contribution in [0.25, 0.3) is 11.5 Å². The van der Waals surface area contributed by atoms with Gasteiger partial charge in [0.15, 0.2) is 0 Å². The number of nitrogens with zero attached hydrogens (tertiary/aromatic N) is 3. The summed E-state index contributed by atoms with van der Waals surface area (Å²) in [4.78, 5) is 8.50. The average molecular weight is 272 g/mol. The first-order chi connectivity index (χ1) is 9.36. The van der Waals surface area contributed by atoms with Crippen LogP contribution in [-0.2, 0) is 13.0 Å². The van der Waals surface area contributed by atoms with Gasteiger partial charge in [-0.25, -0.2) is 4.98 Å². The van der Waals surface area contributed by atoms with Crippen molar-refractivity contribution >= 4 is 11.3 Å². The molecule has 19 heavy (non-hydrogen) atoms. The lowest BCUT2D eigenvalue weighted by molar-refractivity contribution is 0.385. The molecule has 0 spiro atoms. The van der Waals surface area contributed by atoms with Crippen molar-refractivity contribution in [2.24, 2.45) is 5.73 Å². The second-order valence-electron chi connectivity index (χ2n) is 4.04. The lowest BCUT2D eigenvalue weighted by Gasteiger charge is -2.03. The van der Waals surface area contributed by atoms with E-state index in [4.69, 9.17) is 10.3 Å². The molecule has 0 radical (unpaired) electrons. The molecule has 5 nitrogen and oxygen atoms in total. The first-order valence-corrected chi connectivity index (χ1v) is 6.79. The van der Waals surface area contributed by atoms with Crippen LogP contribution < -0.4 is 5.73 Å². The predicted molar refractivity (Wildman–Crippen MR) is 72.5 cm³/mol. The van der Waals surface area contributed by atoms with Crippen LogP contribution in [0.15, 0.2) is 39.7 Å². The van der Waals surface area contributed by atoms with Crippen molar-refractivity contribution in [2.45, 2.75) is 13.0 Å². The minimum absolute atomic E-state index is 0.503. The molecule has 0 aliphatic rings. The molecule has 0 unspecified atom stereocenters. The van der Waals surface area contributed by atoms with Crippen LogP contribution in [0.5, 0.6) is 0 Å². The molecule has 0 aliphatic heterocycles. The van der Waals surface area contributed by atoms with E-state index >= 15 is 0 Å². The zero-order chi connectivity index (χ0) is 13.1. The van der Waals surface area contributed by atoms with Crippen LogP contribution in [0.4, 0.5) is 0 Å². The van der Waals surface area contributed by atoms with Crippen LogP contribution in [0, 0.1) is 0 Å². The summed E-state index contributed by atoms with van der Waals surface area (Å²) in [7, 11) is 0. The first kappa shape index (κ1) is 12.0. The number of benzene rings is 1. The van der Waals surface area contributed by atoms with Crippen LogP contribution in [0.2, 0.25) is 0 Å². The minimum Gasteiger partial charge on any atom is -0.339 e. The van der Waals surface area contributed by atoms with Gasteiger partial charge in [0.05, 0.1) is 11.9 Å². The Kier molecular flexibility index (Phi) is 3.35. The van der Waals surface area contributed by atoms with Gasteiger partial charge in [-0.05, 0) is 11.1 Å². The summed E-state index contributed by atoms with van der Waals surface area (Å²) in [6, 6.07) is 7.98. The Morgan fingerprint density at radius 2 is 2.05 bits per heavy atom. The molecule has 0 saturated carbocycles. The fraction of sp³-hybridized carbons (Fsp3) is 0.154. The van der Waals surface area contributed by atoms with Gasteiger partial charge in [0.25, 0.3) is 0 Å². The monoisotopic (exact) mass is 272 g/mol. The standard InChI is InChI=1S/C13H12N4OS/c14-6-10-4-2-1-3-9(10)5-12-16-13(17-18-12)11-7-19-8-15-11/h1-4,7-8H,5-6,14H2. The minimum atomic E-state index is 0.503.